The van der Waals surface area contributed by atoms with E-state index in [2.05, 4.69) is 19.2 Å². The van der Waals surface area contributed by atoms with Gasteiger partial charge in [-0.05, 0) is 31.2 Å². The van der Waals surface area contributed by atoms with Gasteiger partial charge in [0.1, 0.15) is 5.54 Å². The van der Waals surface area contributed by atoms with Gasteiger partial charge in [0.25, 0.3) is 0 Å². The Morgan fingerprint density at radius 1 is 1.46 bits per heavy atom. The van der Waals surface area contributed by atoms with E-state index in [-0.39, 0.29) is 5.41 Å². The topological polar surface area (TPSA) is 49.3 Å². The van der Waals surface area contributed by atoms with Crippen molar-refractivity contribution in [2.24, 2.45) is 5.41 Å². The second kappa shape index (κ2) is 3.29. The molecule has 1 aliphatic rings. The average Bonchev–Trinajstić information content (AvgIpc) is 2.28. The van der Waals surface area contributed by atoms with Gasteiger partial charge in [0, 0.05) is 0 Å². The molecule has 0 spiro atoms. The number of nitrogens with one attached hydrogen (secondary N) is 1. The summed E-state index contributed by atoms with van der Waals surface area (Å²) in [6.07, 6.45) is 2.48. The van der Waals surface area contributed by atoms with Gasteiger partial charge >= 0.3 is 5.97 Å². The Hall–Kier alpha value is -0.570. The van der Waals surface area contributed by atoms with Crippen molar-refractivity contribution in [2.75, 3.05) is 6.54 Å². The molecule has 1 unspecified atom stereocenters. The van der Waals surface area contributed by atoms with Gasteiger partial charge in [-0.3, -0.25) is 4.79 Å². The summed E-state index contributed by atoms with van der Waals surface area (Å²) < 4.78 is 0. The van der Waals surface area contributed by atoms with Gasteiger partial charge in [0.05, 0.1) is 0 Å². The summed E-state index contributed by atoms with van der Waals surface area (Å²) in [5.74, 6) is -0.695. The smallest absolute Gasteiger partial charge is 0.323 e. The maximum absolute atomic E-state index is 11.1. The fourth-order valence-electron chi connectivity index (χ4n) is 2.29. The van der Waals surface area contributed by atoms with E-state index in [9.17, 15) is 4.79 Å². The monoisotopic (exact) mass is 185 g/mol. The first-order valence-corrected chi connectivity index (χ1v) is 4.90. The number of carboxylic acids is 1. The van der Waals surface area contributed by atoms with Crippen molar-refractivity contribution in [1.29, 1.82) is 0 Å². The van der Waals surface area contributed by atoms with Gasteiger partial charge in [-0.25, -0.2) is 0 Å². The molecule has 0 amide bonds. The maximum atomic E-state index is 11.1. The lowest BCUT2D eigenvalue weighted by atomic mass is 9.87. The van der Waals surface area contributed by atoms with E-state index in [0.29, 0.717) is 0 Å². The highest BCUT2D eigenvalue weighted by molar-refractivity contribution is 5.79. The number of hydrogen-bond donors (Lipinski definition) is 2. The molecular weight excluding hydrogens is 166 g/mol. The Balaban J connectivity index is 2.77. The van der Waals surface area contributed by atoms with Crippen LogP contribution in [0.4, 0.5) is 0 Å². The fraction of sp³-hybridized carbons (Fsp3) is 0.900. The van der Waals surface area contributed by atoms with Crippen LogP contribution in [-0.4, -0.2) is 23.2 Å². The van der Waals surface area contributed by atoms with Crippen LogP contribution in [0.3, 0.4) is 0 Å². The van der Waals surface area contributed by atoms with Crippen molar-refractivity contribution in [3.05, 3.63) is 0 Å². The predicted molar refractivity (Wildman–Crippen MR) is 51.7 cm³/mol. The lowest BCUT2D eigenvalue weighted by Crippen LogP contribution is -2.50. The minimum Gasteiger partial charge on any atom is -0.480 e. The molecule has 0 aromatic rings. The number of carbonyl (C=O) groups is 1. The van der Waals surface area contributed by atoms with Gasteiger partial charge in [-0.15, -0.1) is 0 Å². The molecule has 1 aliphatic carbocycles. The van der Waals surface area contributed by atoms with Crippen molar-refractivity contribution in [3.63, 3.8) is 0 Å². The lowest BCUT2D eigenvalue weighted by molar-refractivity contribution is -0.145. The molecule has 1 rings (SSSR count). The Morgan fingerprint density at radius 3 is 2.38 bits per heavy atom. The van der Waals surface area contributed by atoms with Gasteiger partial charge < -0.3 is 10.4 Å². The molecular formula is C10H19NO2. The first-order chi connectivity index (χ1) is 5.92. The van der Waals surface area contributed by atoms with E-state index >= 15 is 0 Å². The molecule has 2 N–H and O–H groups in total. The summed E-state index contributed by atoms with van der Waals surface area (Å²) in [6.45, 7) is 6.95. The highest BCUT2D eigenvalue weighted by Gasteiger charge is 2.48. The van der Waals surface area contributed by atoms with Crippen LogP contribution in [-0.2, 0) is 4.79 Å². The van der Waals surface area contributed by atoms with Gasteiger partial charge in [0.15, 0.2) is 0 Å². The minimum absolute atomic E-state index is 0.167. The summed E-state index contributed by atoms with van der Waals surface area (Å²) in [5.41, 5.74) is -0.487. The van der Waals surface area contributed by atoms with Crippen LogP contribution in [0.1, 0.15) is 40.0 Å². The third-order valence-electron chi connectivity index (χ3n) is 2.93. The van der Waals surface area contributed by atoms with E-state index < -0.39 is 11.5 Å². The molecule has 1 atom stereocenters. The Labute approximate surface area is 79.5 Å². The third kappa shape index (κ3) is 2.02. The first-order valence-electron chi connectivity index (χ1n) is 4.90. The molecule has 0 aliphatic heterocycles. The van der Waals surface area contributed by atoms with Crippen molar-refractivity contribution < 1.29 is 9.90 Å². The van der Waals surface area contributed by atoms with Crippen LogP contribution >= 0.6 is 0 Å². The van der Waals surface area contributed by atoms with E-state index in [1.807, 2.05) is 6.92 Å². The first kappa shape index (κ1) is 10.5. The van der Waals surface area contributed by atoms with Gasteiger partial charge in [-0.2, -0.15) is 0 Å². The van der Waals surface area contributed by atoms with Crippen LogP contribution in [0, 0.1) is 5.41 Å². The quantitative estimate of drug-likeness (QED) is 0.702. The summed E-state index contributed by atoms with van der Waals surface area (Å²) in [7, 11) is 0. The minimum atomic E-state index is -0.695. The fourth-order valence-corrected chi connectivity index (χ4v) is 2.29. The molecule has 3 nitrogen and oxygen atoms in total. The van der Waals surface area contributed by atoms with E-state index in [1.54, 1.807) is 0 Å². The normalized spacial score (nSPS) is 31.9. The van der Waals surface area contributed by atoms with Crippen molar-refractivity contribution >= 4 is 5.97 Å². The molecule has 0 bridgehead atoms. The summed E-state index contributed by atoms with van der Waals surface area (Å²) in [6, 6.07) is 0. The molecule has 1 fully saturated rings. The standard InChI is InChI=1S/C10H19NO2/c1-4-11-10(8(12)13)6-5-9(2,3)7-10/h11H,4-7H2,1-3H3,(H,12,13). The van der Waals surface area contributed by atoms with Crippen molar-refractivity contribution in [1.82, 2.24) is 5.32 Å². The Bertz CT molecular complexity index is 213. The van der Waals surface area contributed by atoms with Crippen molar-refractivity contribution in [3.8, 4) is 0 Å². The Morgan fingerprint density at radius 2 is 2.08 bits per heavy atom. The lowest BCUT2D eigenvalue weighted by Gasteiger charge is -2.27. The van der Waals surface area contributed by atoms with Crippen molar-refractivity contribution in [2.45, 2.75) is 45.6 Å². The van der Waals surface area contributed by atoms with Crippen LogP contribution in [0.25, 0.3) is 0 Å². The van der Waals surface area contributed by atoms with Crippen LogP contribution in [0.15, 0.2) is 0 Å². The van der Waals surface area contributed by atoms with Crippen LogP contribution in [0.2, 0.25) is 0 Å². The number of rotatable bonds is 3. The predicted octanol–water partition coefficient (Wildman–Crippen LogP) is 1.63. The van der Waals surface area contributed by atoms with E-state index in [4.69, 9.17) is 5.11 Å². The van der Waals surface area contributed by atoms with E-state index in [1.165, 1.54) is 0 Å². The molecule has 0 radical (unpaired) electrons. The zero-order valence-electron chi connectivity index (χ0n) is 8.68. The summed E-state index contributed by atoms with van der Waals surface area (Å²) >= 11 is 0. The molecule has 1 saturated carbocycles. The maximum Gasteiger partial charge on any atom is 0.323 e. The molecule has 0 heterocycles. The number of carboxylic acid groups (broad SMARTS) is 1. The summed E-state index contributed by atoms with van der Waals surface area (Å²) in [4.78, 5) is 11.1. The van der Waals surface area contributed by atoms with Crippen LogP contribution in [0.5, 0.6) is 0 Å². The number of likely N-dealkylation sites (N-methyl/N-ethyl adjacent to an activating group) is 1. The van der Waals surface area contributed by atoms with E-state index in [0.717, 1.165) is 25.8 Å². The van der Waals surface area contributed by atoms with Gasteiger partial charge in [-0.1, -0.05) is 20.8 Å². The average molecular weight is 185 g/mol. The zero-order chi connectivity index (χ0) is 10.1. The summed E-state index contributed by atoms with van der Waals surface area (Å²) in [5, 5.41) is 12.3. The third-order valence-corrected chi connectivity index (χ3v) is 2.93. The second-order valence-corrected chi connectivity index (χ2v) is 4.76. The van der Waals surface area contributed by atoms with Crippen LogP contribution < -0.4 is 5.32 Å². The molecule has 13 heavy (non-hydrogen) atoms. The number of hydrogen-bond acceptors (Lipinski definition) is 2. The zero-order valence-corrected chi connectivity index (χ0v) is 8.68. The molecule has 76 valence electrons. The largest absolute Gasteiger partial charge is 0.480 e. The SMILES string of the molecule is CCNC1(C(=O)O)CCC(C)(C)C1. The Kier molecular flexibility index (Phi) is 2.66. The molecule has 0 saturated heterocycles. The second-order valence-electron chi connectivity index (χ2n) is 4.76. The molecule has 0 aromatic carbocycles. The number of aliphatic carboxylic acids is 1. The highest BCUT2D eigenvalue weighted by atomic mass is 16.4. The molecule has 3 heteroatoms. The highest BCUT2D eigenvalue weighted by Crippen LogP contribution is 2.43. The van der Waals surface area contributed by atoms with Gasteiger partial charge in [0.2, 0.25) is 0 Å². The molecule has 0 aromatic heterocycles.